The van der Waals surface area contributed by atoms with E-state index in [-0.39, 0.29) is 19.0 Å². The van der Waals surface area contributed by atoms with Crippen LogP contribution in [-0.2, 0) is 9.53 Å². The molecule has 3 aromatic rings. The molecule has 7 nitrogen and oxygen atoms in total. The predicted molar refractivity (Wildman–Crippen MR) is 122 cm³/mol. The maximum atomic E-state index is 13.5. The molecule has 0 amide bonds. The number of carbonyl (C=O) groups is 1. The van der Waals surface area contributed by atoms with Crippen LogP contribution in [0.5, 0.6) is 11.5 Å². The molecule has 0 aliphatic carbocycles. The summed E-state index contributed by atoms with van der Waals surface area (Å²) in [5, 5.41) is 2.36. The van der Waals surface area contributed by atoms with Gasteiger partial charge in [0.15, 0.2) is 16.3 Å². The number of thiophene rings is 1. The molecule has 1 atom stereocenters. The lowest BCUT2D eigenvalue weighted by Crippen LogP contribution is -2.39. The minimum atomic E-state index is -0.598. The van der Waals surface area contributed by atoms with Crippen LogP contribution in [0.15, 0.2) is 50.7 Å². The zero-order chi connectivity index (χ0) is 22.4. The zero-order valence-electron chi connectivity index (χ0n) is 17.1. The van der Waals surface area contributed by atoms with Gasteiger partial charge in [0, 0.05) is 10.9 Å². The topological polar surface area (TPSA) is 79.1 Å². The molecule has 0 spiro atoms. The smallest absolute Gasteiger partial charge is 0.338 e. The lowest BCUT2D eigenvalue weighted by molar-refractivity contribution is -0.139. The molecule has 0 radical (unpaired) electrons. The number of halogens is 1. The number of carbonyl (C=O) groups excluding carboxylic acids is 1. The number of esters is 1. The summed E-state index contributed by atoms with van der Waals surface area (Å²) in [6, 6.07) is 6.61. The Morgan fingerprint density at radius 1 is 1.38 bits per heavy atom. The van der Waals surface area contributed by atoms with Crippen LogP contribution in [0.2, 0.25) is 5.02 Å². The van der Waals surface area contributed by atoms with E-state index in [0.29, 0.717) is 42.7 Å². The van der Waals surface area contributed by atoms with Crippen molar-refractivity contribution in [1.82, 2.24) is 4.57 Å². The van der Waals surface area contributed by atoms with Gasteiger partial charge in [-0.1, -0.05) is 29.0 Å². The Bertz CT molecular complexity index is 1440. The standard InChI is InChI=1S/C22H17ClN2O5S2/c1-3-28-21(27)18-11(2)24-22-25(19(18)16-5-4-6-31-16)20(26)17(32-22)8-12-7-14-15(9-13(12)23)30-10-29-14/h4-9,19H,3,10H2,1-2H3/b17-8+. The van der Waals surface area contributed by atoms with E-state index < -0.39 is 12.0 Å². The van der Waals surface area contributed by atoms with Gasteiger partial charge in [0.25, 0.3) is 5.56 Å². The third kappa shape index (κ3) is 3.46. The molecule has 0 saturated heterocycles. The van der Waals surface area contributed by atoms with Crippen LogP contribution in [0.4, 0.5) is 0 Å². The van der Waals surface area contributed by atoms with Crippen molar-refractivity contribution in [2.75, 3.05) is 13.4 Å². The lowest BCUT2D eigenvalue weighted by Gasteiger charge is -2.23. The van der Waals surface area contributed by atoms with Crippen LogP contribution in [0.25, 0.3) is 6.08 Å². The Labute approximate surface area is 195 Å². The lowest BCUT2D eigenvalue weighted by atomic mass is 10.0. The molecule has 164 valence electrons. The second-order valence-corrected chi connectivity index (χ2v) is 9.44. The van der Waals surface area contributed by atoms with Gasteiger partial charge >= 0.3 is 5.97 Å². The summed E-state index contributed by atoms with van der Waals surface area (Å²) in [5.41, 5.74) is 1.29. The highest BCUT2D eigenvalue weighted by molar-refractivity contribution is 7.10. The minimum absolute atomic E-state index is 0.133. The van der Waals surface area contributed by atoms with Crippen LogP contribution < -0.4 is 24.4 Å². The van der Waals surface area contributed by atoms with Crippen LogP contribution >= 0.6 is 34.3 Å². The minimum Gasteiger partial charge on any atom is -0.463 e. The quantitative estimate of drug-likeness (QED) is 0.527. The van der Waals surface area contributed by atoms with E-state index in [2.05, 4.69) is 4.99 Å². The number of fused-ring (bicyclic) bond motifs is 2. The Morgan fingerprint density at radius 2 is 2.16 bits per heavy atom. The highest BCUT2D eigenvalue weighted by Gasteiger charge is 2.33. The monoisotopic (exact) mass is 488 g/mol. The number of nitrogens with zero attached hydrogens (tertiary/aromatic N) is 2. The van der Waals surface area contributed by atoms with E-state index in [1.54, 1.807) is 36.6 Å². The van der Waals surface area contributed by atoms with Gasteiger partial charge in [0.05, 0.1) is 27.4 Å². The fourth-order valence-corrected chi connectivity index (χ4v) is 5.76. The van der Waals surface area contributed by atoms with Gasteiger partial charge < -0.3 is 14.2 Å². The average molecular weight is 489 g/mol. The second kappa shape index (κ2) is 8.23. The molecule has 0 bridgehead atoms. The van der Waals surface area contributed by atoms with Gasteiger partial charge in [-0.3, -0.25) is 9.36 Å². The van der Waals surface area contributed by atoms with Crippen molar-refractivity contribution in [3.8, 4) is 11.5 Å². The van der Waals surface area contributed by atoms with Crippen molar-refractivity contribution < 1.29 is 19.0 Å². The van der Waals surface area contributed by atoms with Crippen LogP contribution in [-0.4, -0.2) is 23.9 Å². The zero-order valence-corrected chi connectivity index (χ0v) is 19.5. The molecular weight excluding hydrogens is 472 g/mol. The normalized spacial score (nSPS) is 17.3. The molecule has 0 fully saturated rings. The van der Waals surface area contributed by atoms with Crippen molar-refractivity contribution >= 4 is 46.3 Å². The van der Waals surface area contributed by atoms with Gasteiger partial charge in [-0.2, -0.15) is 0 Å². The number of allylic oxidation sites excluding steroid dienone is 1. The number of aromatic nitrogens is 1. The van der Waals surface area contributed by atoms with Crippen LogP contribution in [0.3, 0.4) is 0 Å². The summed E-state index contributed by atoms with van der Waals surface area (Å²) >= 11 is 9.13. The Kier molecular flexibility index (Phi) is 5.40. The van der Waals surface area contributed by atoms with Crippen molar-refractivity contribution in [1.29, 1.82) is 0 Å². The van der Waals surface area contributed by atoms with E-state index in [0.717, 1.165) is 4.88 Å². The van der Waals surface area contributed by atoms with Crippen molar-refractivity contribution in [3.63, 3.8) is 0 Å². The first-order valence-corrected chi connectivity index (χ1v) is 11.9. The summed E-state index contributed by atoms with van der Waals surface area (Å²) in [6.07, 6.45) is 1.71. The Hall–Kier alpha value is -2.88. The summed E-state index contributed by atoms with van der Waals surface area (Å²) in [7, 11) is 0. The first-order valence-electron chi connectivity index (χ1n) is 9.80. The van der Waals surface area contributed by atoms with E-state index in [1.807, 2.05) is 17.5 Å². The molecular formula is C22H17ClN2O5S2. The van der Waals surface area contributed by atoms with Gasteiger partial charge in [-0.15, -0.1) is 11.3 Å². The van der Waals surface area contributed by atoms with E-state index in [4.69, 9.17) is 25.8 Å². The molecule has 2 aromatic heterocycles. The molecule has 1 aromatic carbocycles. The van der Waals surface area contributed by atoms with Crippen molar-refractivity contribution in [3.05, 3.63) is 76.1 Å². The fraction of sp³-hybridized carbons (Fsp3) is 0.227. The molecule has 32 heavy (non-hydrogen) atoms. The van der Waals surface area contributed by atoms with Gasteiger partial charge in [0.1, 0.15) is 6.04 Å². The molecule has 10 heteroatoms. The van der Waals surface area contributed by atoms with Gasteiger partial charge in [-0.25, -0.2) is 9.79 Å². The molecule has 5 rings (SSSR count). The Morgan fingerprint density at radius 3 is 2.88 bits per heavy atom. The second-order valence-electron chi connectivity index (χ2n) is 7.04. The average Bonchev–Trinajstić information content (AvgIpc) is 3.49. The van der Waals surface area contributed by atoms with Crippen molar-refractivity contribution in [2.24, 2.45) is 4.99 Å². The van der Waals surface area contributed by atoms with Gasteiger partial charge in [-0.05, 0) is 43.0 Å². The summed E-state index contributed by atoms with van der Waals surface area (Å²) in [5.74, 6) is 0.673. The first kappa shape index (κ1) is 21.0. The molecule has 1 unspecified atom stereocenters. The number of ether oxygens (including phenoxy) is 3. The molecule has 4 heterocycles. The van der Waals surface area contributed by atoms with E-state index in [9.17, 15) is 9.59 Å². The summed E-state index contributed by atoms with van der Waals surface area (Å²) in [6.45, 7) is 3.88. The highest BCUT2D eigenvalue weighted by Crippen LogP contribution is 2.37. The van der Waals surface area contributed by atoms with Crippen LogP contribution in [0.1, 0.15) is 30.3 Å². The number of thiazole rings is 1. The molecule has 0 N–H and O–H groups in total. The summed E-state index contributed by atoms with van der Waals surface area (Å²) in [4.78, 5) is 32.2. The largest absolute Gasteiger partial charge is 0.463 e. The number of hydrogen-bond donors (Lipinski definition) is 0. The Balaban J connectivity index is 1.70. The van der Waals surface area contributed by atoms with Crippen LogP contribution in [0, 0.1) is 0 Å². The van der Waals surface area contributed by atoms with E-state index in [1.165, 1.54) is 22.7 Å². The molecule has 2 aliphatic heterocycles. The van der Waals surface area contributed by atoms with E-state index >= 15 is 0 Å². The molecule has 2 aliphatic rings. The van der Waals surface area contributed by atoms with Gasteiger partial charge in [0.2, 0.25) is 6.79 Å². The highest BCUT2D eigenvalue weighted by atomic mass is 35.5. The SMILES string of the molecule is CCOC(=O)C1=C(C)N=c2s/c(=C/c3cc4c(cc3Cl)OCO4)c(=O)n2C1c1cccs1. The predicted octanol–water partition coefficient (Wildman–Crippen LogP) is 3.24. The fourth-order valence-electron chi connectivity index (χ4n) is 3.69. The third-order valence-electron chi connectivity index (χ3n) is 5.11. The number of hydrogen-bond acceptors (Lipinski definition) is 8. The first-order chi connectivity index (χ1) is 15.5. The number of rotatable bonds is 4. The molecule has 0 saturated carbocycles. The maximum absolute atomic E-state index is 13.5. The summed E-state index contributed by atoms with van der Waals surface area (Å²) < 4.78 is 18.1. The van der Waals surface area contributed by atoms with Crippen molar-refractivity contribution in [2.45, 2.75) is 19.9 Å². The third-order valence-corrected chi connectivity index (χ3v) is 7.34. The number of benzene rings is 1. The maximum Gasteiger partial charge on any atom is 0.338 e.